The van der Waals surface area contributed by atoms with Crippen molar-refractivity contribution in [2.75, 3.05) is 0 Å². The molecule has 8 rings (SSSR count). The van der Waals surface area contributed by atoms with Gasteiger partial charge in [0.05, 0.1) is 0 Å². The summed E-state index contributed by atoms with van der Waals surface area (Å²) in [6, 6.07) is 36.4. The molecule has 0 N–H and O–H groups in total. The standard InChI is InChI=1S/C35H34/c1-24-15-30(20-31(16-24)34-10-6-5-9-33(34)29-7-3-2-4-8-29)28-11-13-32(14-12-28)35-21-25-17-26(22-35)19-27(18-25)23-35/h2-16,20,25-27H,17-19,21-23H2,1H3. The molecule has 35 heavy (non-hydrogen) atoms. The van der Waals surface area contributed by atoms with Crippen molar-refractivity contribution < 1.29 is 0 Å². The number of hydrogen-bond acceptors (Lipinski definition) is 0. The van der Waals surface area contributed by atoms with E-state index in [9.17, 15) is 0 Å². The molecule has 0 aromatic heterocycles. The van der Waals surface area contributed by atoms with Crippen molar-refractivity contribution in [2.24, 2.45) is 17.8 Å². The molecule has 0 heterocycles. The molecule has 4 bridgehead atoms. The molecule has 0 saturated heterocycles. The molecule has 4 aliphatic carbocycles. The molecular formula is C35H34. The van der Waals surface area contributed by atoms with Crippen LogP contribution in [0.5, 0.6) is 0 Å². The van der Waals surface area contributed by atoms with Crippen molar-refractivity contribution in [1.82, 2.24) is 0 Å². The van der Waals surface area contributed by atoms with Gasteiger partial charge in [-0.2, -0.15) is 0 Å². The molecule has 4 saturated carbocycles. The van der Waals surface area contributed by atoms with Crippen LogP contribution in [-0.2, 0) is 5.41 Å². The molecule has 0 amide bonds. The molecule has 4 aromatic carbocycles. The maximum absolute atomic E-state index is 2.47. The van der Waals surface area contributed by atoms with Crippen LogP contribution in [-0.4, -0.2) is 0 Å². The SMILES string of the molecule is Cc1cc(-c2ccc(C34CC5CC(CC(C5)C3)C4)cc2)cc(-c2ccccc2-c2ccccc2)c1. The third kappa shape index (κ3) is 3.75. The van der Waals surface area contributed by atoms with Crippen LogP contribution in [0.25, 0.3) is 33.4 Å². The van der Waals surface area contributed by atoms with Crippen molar-refractivity contribution in [3.8, 4) is 33.4 Å². The van der Waals surface area contributed by atoms with Crippen LogP contribution in [0, 0.1) is 24.7 Å². The minimum atomic E-state index is 0.472. The van der Waals surface area contributed by atoms with E-state index in [0.717, 1.165) is 17.8 Å². The van der Waals surface area contributed by atoms with Crippen LogP contribution in [0.1, 0.15) is 49.7 Å². The van der Waals surface area contributed by atoms with Gasteiger partial charge in [-0.15, -0.1) is 0 Å². The van der Waals surface area contributed by atoms with E-state index in [1.54, 1.807) is 5.56 Å². The molecule has 0 atom stereocenters. The second kappa shape index (κ2) is 8.23. The molecule has 0 aliphatic heterocycles. The third-order valence-electron chi connectivity index (χ3n) is 9.27. The maximum Gasteiger partial charge on any atom is -0.00391 e. The van der Waals surface area contributed by atoms with Gasteiger partial charge in [-0.05, 0) is 119 Å². The Morgan fingerprint density at radius 2 is 1.06 bits per heavy atom. The zero-order valence-corrected chi connectivity index (χ0v) is 20.7. The van der Waals surface area contributed by atoms with E-state index in [1.807, 2.05) is 0 Å². The number of hydrogen-bond donors (Lipinski definition) is 0. The molecule has 0 radical (unpaired) electrons. The van der Waals surface area contributed by atoms with Crippen molar-refractivity contribution in [3.05, 3.63) is 108 Å². The number of rotatable bonds is 4. The summed E-state index contributed by atoms with van der Waals surface area (Å²) in [5.41, 5.74) is 11.2. The Kier molecular flexibility index (Phi) is 4.98. The predicted octanol–water partition coefficient (Wildman–Crippen LogP) is 9.46. The van der Waals surface area contributed by atoms with Gasteiger partial charge in [0, 0.05) is 0 Å². The zero-order chi connectivity index (χ0) is 23.4. The Morgan fingerprint density at radius 3 is 1.69 bits per heavy atom. The van der Waals surface area contributed by atoms with E-state index in [1.165, 1.54) is 77.5 Å². The molecule has 0 unspecified atom stereocenters. The number of aryl methyl sites for hydroxylation is 1. The lowest BCUT2D eigenvalue weighted by Gasteiger charge is -2.57. The molecule has 0 heteroatoms. The maximum atomic E-state index is 2.47. The normalized spacial score (nSPS) is 26.7. The van der Waals surface area contributed by atoms with Gasteiger partial charge in [0.25, 0.3) is 0 Å². The third-order valence-corrected chi connectivity index (χ3v) is 9.27. The average molecular weight is 455 g/mol. The summed E-state index contributed by atoms with van der Waals surface area (Å²) >= 11 is 0. The molecule has 174 valence electrons. The van der Waals surface area contributed by atoms with Crippen molar-refractivity contribution in [3.63, 3.8) is 0 Å². The topological polar surface area (TPSA) is 0 Å². The van der Waals surface area contributed by atoms with Crippen LogP contribution in [0.3, 0.4) is 0 Å². The Hall–Kier alpha value is -3.12. The number of benzene rings is 4. The Balaban J connectivity index is 1.24. The highest BCUT2D eigenvalue weighted by atomic mass is 14.6. The highest BCUT2D eigenvalue weighted by molar-refractivity contribution is 5.85. The lowest BCUT2D eigenvalue weighted by Crippen LogP contribution is -2.48. The zero-order valence-electron chi connectivity index (χ0n) is 20.7. The minimum absolute atomic E-state index is 0.472. The van der Waals surface area contributed by atoms with Crippen LogP contribution in [0.15, 0.2) is 97.1 Å². The first-order valence-electron chi connectivity index (χ1n) is 13.5. The Labute approximate surface area is 210 Å². The monoisotopic (exact) mass is 454 g/mol. The van der Waals surface area contributed by atoms with E-state index < -0.39 is 0 Å². The van der Waals surface area contributed by atoms with E-state index >= 15 is 0 Å². The van der Waals surface area contributed by atoms with Crippen molar-refractivity contribution in [2.45, 2.75) is 50.9 Å². The van der Waals surface area contributed by atoms with Gasteiger partial charge in [0.15, 0.2) is 0 Å². The Morgan fingerprint density at radius 1 is 0.514 bits per heavy atom. The first-order chi connectivity index (χ1) is 17.1. The quantitative estimate of drug-likeness (QED) is 0.288. The summed E-state index contributed by atoms with van der Waals surface area (Å²) in [6.07, 6.45) is 8.82. The fraction of sp³-hybridized carbons (Fsp3) is 0.314. The summed E-state index contributed by atoms with van der Waals surface area (Å²) in [4.78, 5) is 0. The fourth-order valence-corrected chi connectivity index (χ4v) is 8.19. The van der Waals surface area contributed by atoms with Crippen LogP contribution in [0.2, 0.25) is 0 Å². The van der Waals surface area contributed by atoms with Gasteiger partial charge in [0.1, 0.15) is 0 Å². The molecule has 0 spiro atoms. The fourth-order valence-electron chi connectivity index (χ4n) is 8.19. The summed E-state index contributed by atoms with van der Waals surface area (Å²) in [7, 11) is 0. The first-order valence-corrected chi connectivity index (χ1v) is 13.5. The molecule has 4 aliphatic rings. The highest BCUT2D eigenvalue weighted by Gasteiger charge is 2.51. The smallest absolute Gasteiger partial charge is 0.00391 e. The van der Waals surface area contributed by atoms with E-state index in [4.69, 9.17) is 0 Å². The lowest BCUT2D eigenvalue weighted by molar-refractivity contribution is -0.00518. The lowest BCUT2D eigenvalue weighted by atomic mass is 9.48. The highest BCUT2D eigenvalue weighted by Crippen LogP contribution is 2.60. The predicted molar refractivity (Wildman–Crippen MR) is 147 cm³/mol. The molecular weight excluding hydrogens is 420 g/mol. The molecule has 4 fully saturated rings. The summed E-state index contributed by atoms with van der Waals surface area (Å²) in [5.74, 6) is 2.97. The van der Waals surface area contributed by atoms with Crippen LogP contribution in [0.4, 0.5) is 0 Å². The van der Waals surface area contributed by atoms with Gasteiger partial charge >= 0.3 is 0 Å². The van der Waals surface area contributed by atoms with Gasteiger partial charge in [-0.3, -0.25) is 0 Å². The van der Waals surface area contributed by atoms with Gasteiger partial charge in [0.2, 0.25) is 0 Å². The molecule has 4 aromatic rings. The molecule has 0 nitrogen and oxygen atoms in total. The minimum Gasteiger partial charge on any atom is -0.0622 e. The van der Waals surface area contributed by atoms with Gasteiger partial charge in [-0.25, -0.2) is 0 Å². The first kappa shape index (κ1) is 21.2. The van der Waals surface area contributed by atoms with E-state index in [2.05, 4.69) is 104 Å². The second-order valence-corrected chi connectivity index (χ2v) is 11.8. The van der Waals surface area contributed by atoms with Gasteiger partial charge < -0.3 is 0 Å². The van der Waals surface area contributed by atoms with Crippen molar-refractivity contribution in [1.29, 1.82) is 0 Å². The summed E-state index contributed by atoms with van der Waals surface area (Å²) in [5, 5.41) is 0. The largest absolute Gasteiger partial charge is 0.0622 e. The van der Waals surface area contributed by atoms with Crippen molar-refractivity contribution >= 4 is 0 Å². The van der Waals surface area contributed by atoms with E-state index in [-0.39, 0.29) is 0 Å². The van der Waals surface area contributed by atoms with E-state index in [0.29, 0.717) is 5.41 Å². The Bertz CT molecular complexity index is 1320. The van der Waals surface area contributed by atoms with Gasteiger partial charge in [-0.1, -0.05) is 91.0 Å². The second-order valence-electron chi connectivity index (χ2n) is 11.8. The average Bonchev–Trinajstić information content (AvgIpc) is 2.88. The van der Waals surface area contributed by atoms with Crippen LogP contribution >= 0.6 is 0 Å². The summed E-state index contributed by atoms with van der Waals surface area (Å²) < 4.78 is 0. The summed E-state index contributed by atoms with van der Waals surface area (Å²) in [6.45, 7) is 2.22. The van der Waals surface area contributed by atoms with Crippen LogP contribution < -0.4 is 0 Å².